The highest BCUT2D eigenvalue weighted by Gasteiger charge is 2.53. The number of likely N-dealkylation sites (tertiary alicyclic amines) is 1. The van der Waals surface area contributed by atoms with Crippen LogP contribution in [0.25, 0.3) is 0 Å². The Labute approximate surface area is 148 Å². The Morgan fingerprint density at radius 2 is 2.00 bits per heavy atom. The monoisotopic (exact) mass is 348 g/mol. The van der Waals surface area contributed by atoms with Crippen LogP contribution in [0.4, 0.5) is 0 Å². The third-order valence-electron chi connectivity index (χ3n) is 5.69. The van der Waals surface area contributed by atoms with Crippen LogP contribution in [0.2, 0.25) is 0 Å². The van der Waals surface area contributed by atoms with E-state index in [2.05, 4.69) is 36.0 Å². The fourth-order valence-electron chi connectivity index (χ4n) is 4.63. The molecule has 6 heteroatoms. The van der Waals surface area contributed by atoms with Crippen LogP contribution in [0.1, 0.15) is 35.3 Å². The van der Waals surface area contributed by atoms with Crippen LogP contribution in [-0.2, 0) is 11.2 Å². The number of hydrogen-bond donors (Lipinski definition) is 1. The Morgan fingerprint density at radius 3 is 2.58 bits per heavy atom. The summed E-state index contributed by atoms with van der Waals surface area (Å²) in [5, 5.41) is 4.65. The van der Waals surface area contributed by atoms with Gasteiger partial charge in [-0.2, -0.15) is 0 Å². The number of nitrogens with zero attached hydrogens (tertiary/aromatic N) is 3. The van der Waals surface area contributed by atoms with E-state index < -0.39 is 0 Å². The van der Waals surface area contributed by atoms with E-state index in [1.165, 1.54) is 23.4 Å². The number of guanidine groups is 1. The molecule has 132 valence electrons. The van der Waals surface area contributed by atoms with Gasteiger partial charge in [-0.3, -0.25) is 4.99 Å². The van der Waals surface area contributed by atoms with Crippen molar-refractivity contribution in [1.29, 1.82) is 0 Å². The predicted octanol–water partition coefficient (Wildman–Crippen LogP) is 2.38. The second kappa shape index (κ2) is 6.64. The Kier molecular flexibility index (Phi) is 4.52. The van der Waals surface area contributed by atoms with Crippen LogP contribution in [-0.4, -0.2) is 54.2 Å². The topological polar surface area (TPSA) is 49.8 Å². The molecule has 3 aliphatic heterocycles. The molecule has 4 heterocycles. The van der Waals surface area contributed by atoms with Gasteiger partial charge in [-0.25, -0.2) is 4.98 Å². The molecule has 0 spiro atoms. The molecule has 2 bridgehead atoms. The van der Waals surface area contributed by atoms with Gasteiger partial charge in [-0.05, 0) is 33.6 Å². The molecule has 0 amide bonds. The quantitative estimate of drug-likeness (QED) is 0.670. The van der Waals surface area contributed by atoms with Gasteiger partial charge in [-0.1, -0.05) is 0 Å². The van der Waals surface area contributed by atoms with E-state index in [1.54, 1.807) is 11.3 Å². The minimum Gasteiger partial charge on any atom is -0.374 e. The third kappa shape index (κ3) is 2.94. The second-order valence-electron chi connectivity index (χ2n) is 7.25. The van der Waals surface area contributed by atoms with E-state index in [9.17, 15) is 0 Å². The van der Waals surface area contributed by atoms with Gasteiger partial charge in [0.15, 0.2) is 5.96 Å². The van der Waals surface area contributed by atoms with Gasteiger partial charge in [0, 0.05) is 49.3 Å². The molecule has 0 saturated carbocycles. The lowest BCUT2D eigenvalue weighted by Crippen LogP contribution is -2.41. The molecular weight excluding hydrogens is 320 g/mol. The number of aliphatic imine (C=N–C) groups is 1. The van der Waals surface area contributed by atoms with Gasteiger partial charge in [0.05, 0.1) is 22.9 Å². The lowest BCUT2D eigenvalue weighted by atomic mass is 9.82. The summed E-state index contributed by atoms with van der Waals surface area (Å²) in [6.45, 7) is 10.3. The number of thiazole rings is 1. The first-order valence-electron chi connectivity index (χ1n) is 9.27. The number of ether oxygens (including phenoxy) is 1. The van der Waals surface area contributed by atoms with E-state index in [1.807, 2.05) is 0 Å². The minimum absolute atomic E-state index is 0.510. The van der Waals surface area contributed by atoms with Crippen LogP contribution < -0.4 is 5.32 Å². The van der Waals surface area contributed by atoms with E-state index in [4.69, 9.17) is 9.73 Å². The fraction of sp³-hybridized carbons (Fsp3) is 0.778. The molecule has 1 N–H and O–H groups in total. The maximum atomic E-state index is 6.09. The zero-order chi connectivity index (χ0) is 16.7. The molecular formula is C18H28N4OS. The van der Waals surface area contributed by atoms with Crippen molar-refractivity contribution in [2.45, 2.75) is 52.2 Å². The molecule has 4 atom stereocenters. The summed E-state index contributed by atoms with van der Waals surface area (Å²) < 4.78 is 6.09. The average Bonchev–Trinajstić information content (AvgIpc) is 3.28. The highest BCUT2D eigenvalue weighted by Crippen LogP contribution is 2.47. The standard InChI is InChI=1S/C18H28N4OS/c1-4-19-18(20-8-7-17-11(2)21-12(3)24-17)22-9-13-14(10-22)16-6-5-15(13)23-16/h13-16H,4-10H2,1-3H3,(H,19,20). The van der Waals surface area contributed by atoms with Crippen molar-refractivity contribution in [3.05, 3.63) is 15.6 Å². The van der Waals surface area contributed by atoms with Crippen LogP contribution >= 0.6 is 11.3 Å². The van der Waals surface area contributed by atoms with Gasteiger partial charge in [-0.15, -0.1) is 11.3 Å². The van der Waals surface area contributed by atoms with E-state index in [0.29, 0.717) is 12.2 Å². The zero-order valence-electron chi connectivity index (χ0n) is 14.9. The molecule has 0 aromatic carbocycles. The average molecular weight is 349 g/mol. The first-order chi connectivity index (χ1) is 11.7. The van der Waals surface area contributed by atoms with Gasteiger partial charge in [0.25, 0.3) is 0 Å². The lowest BCUT2D eigenvalue weighted by Gasteiger charge is -2.23. The highest BCUT2D eigenvalue weighted by atomic mass is 32.1. The third-order valence-corrected chi connectivity index (χ3v) is 6.82. The maximum absolute atomic E-state index is 6.09. The van der Waals surface area contributed by atoms with Crippen LogP contribution in [0.15, 0.2) is 4.99 Å². The predicted molar refractivity (Wildman–Crippen MR) is 97.7 cm³/mol. The number of nitrogens with one attached hydrogen (secondary N) is 1. The summed E-state index contributed by atoms with van der Waals surface area (Å²) >= 11 is 1.80. The summed E-state index contributed by atoms with van der Waals surface area (Å²) in [6, 6.07) is 0. The molecule has 3 aliphatic rings. The van der Waals surface area contributed by atoms with Crippen molar-refractivity contribution in [3.63, 3.8) is 0 Å². The number of hydrogen-bond acceptors (Lipinski definition) is 4. The maximum Gasteiger partial charge on any atom is 0.193 e. The second-order valence-corrected chi connectivity index (χ2v) is 8.54. The fourth-order valence-corrected chi connectivity index (χ4v) is 5.55. The number of aryl methyl sites for hydroxylation is 2. The molecule has 0 radical (unpaired) electrons. The Balaban J connectivity index is 1.40. The summed E-state index contributed by atoms with van der Waals surface area (Å²) in [5.74, 6) is 2.53. The molecule has 4 unspecified atom stereocenters. The molecule has 3 saturated heterocycles. The molecule has 24 heavy (non-hydrogen) atoms. The smallest absolute Gasteiger partial charge is 0.193 e. The van der Waals surface area contributed by atoms with Crippen LogP contribution in [0.3, 0.4) is 0 Å². The van der Waals surface area contributed by atoms with Gasteiger partial charge in [0.1, 0.15) is 0 Å². The summed E-state index contributed by atoms with van der Waals surface area (Å²) in [7, 11) is 0. The van der Waals surface area contributed by atoms with E-state index in [0.717, 1.165) is 55.4 Å². The normalized spacial score (nSPS) is 31.8. The molecule has 5 nitrogen and oxygen atoms in total. The summed E-state index contributed by atoms with van der Waals surface area (Å²) in [6.07, 6.45) is 4.53. The van der Waals surface area contributed by atoms with Gasteiger partial charge < -0.3 is 15.0 Å². The van der Waals surface area contributed by atoms with Crippen molar-refractivity contribution >= 4 is 17.3 Å². The largest absolute Gasteiger partial charge is 0.374 e. The van der Waals surface area contributed by atoms with Crippen molar-refractivity contribution in [3.8, 4) is 0 Å². The molecule has 0 aliphatic carbocycles. The molecule has 3 fully saturated rings. The van der Waals surface area contributed by atoms with Crippen molar-refractivity contribution in [2.24, 2.45) is 16.8 Å². The van der Waals surface area contributed by atoms with E-state index >= 15 is 0 Å². The number of aromatic nitrogens is 1. The number of rotatable bonds is 4. The molecule has 1 aromatic heterocycles. The molecule has 4 rings (SSSR count). The van der Waals surface area contributed by atoms with Crippen molar-refractivity contribution < 1.29 is 4.74 Å². The van der Waals surface area contributed by atoms with E-state index in [-0.39, 0.29) is 0 Å². The Hall–Kier alpha value is -1.14. The minimum atomic E-state index is 0.510. The number of fused-ring (bicyclic) bond motifs is 5. The Morgan fingerprint density at radius 1 is 1.29 bits per heavy atom. The summed E-state index contributed by atoms with van der Waals surface area (Å²) in [4.78, 5) is 13.3. The first kappa shape index (κ1) is 16.3. The lowest BCUT2D eigenvalue weighted by molar-refractivity contribution is 0.0767. The van der Waals surface area contributed by atoms with Crippen LogP contribution in [0.5, 0.6) is 0 Å². The molecule has 1 aromatic rings. The van der Waals surface area contributed by atoms with Gasteiger partial charge in [0.2, 0.25) is 0 Å². The van der Waals surface area contributed by atoms with Gasteiger partial charge >= 0.3 is 0 Å². The van der Waals surface area contributed by atoms with Crippen molar-refractivity contribution in [1.82, 2.24) is 15.2 Å². The van der Waals surface area contributed by atoms with Crippen molar-refractivity contribution in [2.75, 3.05) is 26.2 Å². The zero-order valence-corrected chi connectivity index (χ0v) is 15.7. The first-order valence-corrected chi connectivity index (χ1v) is 10.1. The highest BCUT2D eigenvalue weighted by molar-refractivity contribution is 7.11. The SMILES string of the molecule is CCNC(=NCCc1sc(C)nc1C)N1CC2C3CCC(O3)C2C1. The Bertz CT molecular complexity index is 611. The summed E-state index contributed by atoms with van der Waals surface area (Å²) in [5.41, 5.74) is 1.17. The van der Waals surface area contributed by atoms with Crippen LogP contribution in [0, 0.1) is 25.7 Å².